The van der Waals surface area contributed by atoms with E-state index in [1.807, 2.05) is 6.92 Å². The molecule has 0 atom stereocenters. The van der Waals surface area contributed by atoms with E-state index < -0.39 is 10.0 Å². The molecule has 0 amide bonds. The van der Waals surface area contributed by atoms with Crippen molar-refractivity contribution in [2.75, 3.05) is 33.9 Å². The van der Waals surface area contributed by atoms with Crippen LogP contribution < -0.4 is 5.32 Å². The molecule has 5 nitrogen and oxygen atoms in total. The van der Waals surface area contributed by atoms with E-state index in [0.717, 1.165) is 12.1 Å². The van der Waals surface area contributed by atoms with Crippen LogP contribution >= 0.6 is 11.6 Å². The second-order valence-corrected chi connectivity index (χ2v) is 6.81. The van der Waals surface area contributed by atoms with Gasteiger partial charge in [0.1, 0.15) is 0 Å². The van der Waals surface area contributed by atoms with E-state index in [1.54, 1.807) is 12.1 Å². The third-order valence-electron chi connectivity index (χ3n) is 2.91. The lowest BCUT2D eigenvalue weighted by Crippen LogP contribution is -2.30. The Labute approximate surface area is 125 Å². The molecule has 114 valence electrons. The van der Waals surface area contributed by atoms with Crippen molar-refractivity contribution in [3.63, 3.8) is 0 Å². The van der Waals surface area contributed by atoms with Crippen molar-refractivity contribution in [3.8, 4) is 0 Å². The average molecular weight is 321 g/mol. The van der Waals surface area contributed by atoms with Gasteiger partial charge < -0.3 is 10.1 Å². The summed E-state index contributed by atoms with van der Waals surface area (Å²) in [6, 6.07) is 4.81. The van der Waals surface area contributed by atoms with E-state index in [9.17, 15) is 8.42 Å². The lowest BCUT2D eigenvalue weighted by molar-refractivity contribution is 0.185. The molecule has 0 spiro atoms. The first-order valence-corrected chi connectivity index (χ1v) is 8.19. The summed E-state index contributed by atoms with van der Waals surface area (Å²) in [5.41, 5.74) is 0.881. The molecule has 0 fully saturated rings. The summed E-state index contributed by atoms with van der Waals surface area (Å²) in [6.07, 6.45) is 0. The molecule has 0 aliphatic heterocycles. The van der Waals surface area contributed by atoms with Crippen LogP contribution in [0.2, 0.25) is 5.02 Å². The maximum Gasteiger partial charge on any atom is 0.242 e. The molecular formula is C13H21ClN2O3S. The molecule has 0 aliphatic rings. The van der Waals surface area contributed by atoms with Crippen LogP contribution in [0.1, 0.15) is 12.5 Å². The van der Waals surface area contributed by atoms with Crippen LogP contribution in [0.25, 0.3) is 0 Å². The fourth-order valence-corrected chi connectivity index (χ4v) is 3.11. The van der Waals surface area contributed by atoms with Crippen molar-refractivity contribution in [2.45, 2.75) is 18.4 Å². The Morgan fingerprint density at radius 1 is 1.40 bits per heavy atom. The van der Waals surface area contributed by atoms with Crippen LogP contribution in [0.15, 0.2) is 23.1 Å². The SMILES string of the molecule is CCNCc1ccc(S(=O)(=O)N(C)CCOC)cc1Cl. The number of nitrogens with zero attached hydrogens (tertiary/aromatic N) is 1. The molecule has 0 aliphatic carbocycles. The predicted molar refractivity (Wildman–Crippen MR) is 80.5 cm³/mol. The number of nitrogens with one attached hydrogen (secondary N) is 1. The molecule has 7 heteroatoms. The van der Waals surface area contributed by atoms with Crippen molar-refractivity contribution in [1.29, 1.82) is 0 Å². The van der Waals surface area contributed by atoms with Gasteiger partial charge >= 0.3 is 0 Å². The Hall–Kier alpha value is -0.660. The highest BCUT2D eigenvalue weighted by atomic mass is 35.5. The summed E-state index contributed by atoms with van der Waals surface area (Å²) >= 11 is 6.13. The summed E-state index contributed by atoms with van der Waals surface area (Å²) in [6.45, 7) is 4.10. The molecule has 0 unspecified atom stereocenters. The number of likely N-dealkylation sites (N-methyl/N-ethyl adjacent to an activating group) is 1. The van der Waals surface area contributed by atoms with Crippen LogP contribution in [0, 0.1) is 0 Å². The quantitative estimate of drug-likeness (QED) is 0.792. The first-order valence-electron chi connectivity index (χ1n) is 6.38. The van der Waals surface area contributed by atoms with Gasteiger partial charge in [-0.15, -0.1) is 0 Å². The molecule has 0 aromatic heterocycles. The number of benzene rings is 1. The van der Waals surface area contributed by atoms with Crippen LogP contribution in [-0.2, 0) is 21.3 Å². The molecule has 1 aromatic rings. The zero-order valence-electron chi connectivity index (χ0n) is 12.0. The van der Waals surface area contributed by atoms with Gasteiger partial charge in [0, 0.05) is 32.3 Å². The summed E-state index contributed by atoms with van der Waals surface area (Å²) in [5.74, 6) is 0. The Morgan fingerprint density at radius 2 is 2.10 bits per heavy atom. The molecule has 0 bridgehead atoms. The summed E-state index contributed by atoms with van der Waals surface area (Å²) in [5, 5.41) is 3.60. The van der Waals surface area contributed by atoms with Gasteiger partial charge in [-0.3, -0.25) is 0 Å². The summed E-state index contributed by atoms with van der Waals surface area (Å²) < 4.78 is 30.8. The molecule has 0 radical (unpaired) electrons. The fraction of sp³-hybridized carbons (Fsp3) is 0.538. The zero-order chi connectivity index (χ0) is 15.2. The van der Waals surface area contributed by atoms with Crippen LogP contribution in [0.3, 0.4) is 0 Å². The zero-order valence-corrected chi connectivity index (χ0v) is 13.6. The number of methoxy groups -OCH3 is 1. The number of sulfonamides is 1. The summed E-state index contributed by atoms with van der Waals surface area (Å²) in [4.78, 5) is 0.196. The highest BCUT2D eigenvalue weighted by molar-refractivity contribution is 7.89. The largest absolute Gasteiger partial charge is 0.383 e. The highest BCUT2D eigenvalue weighted by Gasteiger charge is 2.21. The Morgan fingerprint density at radius 3 is 2.65 bits per heavy atom. The topological polar surface area (TPSA) is 58.6 Å². The third-order valence-corrected chi connectivity index (χ3v) is 5.11. The van der Waals surface area contributed by atoms with Gasteiger partial charge in [-0.2, -0.15) is 4.31 Å². The average Bonchev–Trinajstić information content (AvgIpc) is 2.43. The molecule has 0 heterocycles. The van der Waals surface area contributed by atoms with Crippen molar-refractivity contribution in [1.82, 2.24) is 9.62 Å². The number of hydrogen-bond donors (Lipinski definition) is 1. The Bertz CT molecular complexity index is 534. The minimum Gasteiger partial charge on any atom is -0.383 e. The van der Waals surface area contributed by atoms with Gasteiger partial charge in [-0.25, -0.2) is 8.42 Å². The summed E-state index contributed by atoms with van der Waals surface area (Å²) in [7, 11) is -0.465. The second-order valence-electron chi connectivity index (χ2n) is 4.35. The Kier molecular flexibility index (Phi) is 6.91. The number of hydrogen-bond acceptors (Lipinski definition) is 4. The highest BCUT2D eigenvalue weighted by Crippen LogP contribution is 2.22. The van der Waals surface area contributed by atoms with E-state index in [2.05, 4.69) is 5.32 Å². The molecule has 20 heavy (non-hydrogen) atoms. The minimum absolute atomic E-state index is 0.196. The van der Waals surface area contributed by atoms with Gasteiger partial charge in [-0.1, -0.05) is 24.6 Å². The van der Waals surface area contributed by atoms with E-state index in [-0.39, 0.29) is 4.90 Å². The smallest absolute Gasteiger partial charge is 0.242 e. The molecule has 1 N–H and O–H groups in total. The van der Waals surface area contributed by atoms with Gasteiger partial charge in [0.15, 0.2) is 0 Å². The standard InChI is InChI=1S/C13H21ClN2O3S/c1-4-15-10-11-5-6-12(9-13(11)14)20(17,18)16(2)7-8-19-3/h5-6,9,15H,4,7-8,10H2,1-3H3. The van der Waals surface area contributed by atoms with E-state index in [1.165, 1.54) is 24.5 Å². The van der Waals surface area contributed by atoms with Crippen molar-refractivity contribution < 1.29 is 13.2 Å². The van der Waals surface area contributed by atoms with Gasteiger partial charge in [0.2, 0.25) is 10.0 Å². The van der Waals surface area contributed by atoms with Crippen molar-refractivity contribution >= 4 is 21.6 Å². The first-order chi connectivity index (χ1) is 9.43. The maximum atomic E-state index is 12.3. The fourth-order valence-electron chi connectivity index (χ4n) is 1.61. The molecule has 0 saturated heterocycles. The minimum atomic E-state index is -3.52. The normalized spacial score (nSPS) is 12.1. The van der Waals surface area contributed by atoms with Crippen molar-refractivity contribution in [2.24, 2.45) is 0 Å². The first kappa shape index (κ1) is 17.4. The van der Waals surface area contributed by atoms with Gasteiger partial charge in [0.25, 0.3) is 0 Å². The van der Waals surface area contributed by atoms with Crippen LogP contribution in [0.5, 0.6) is 0 Å². The Balaban J connectivity index is 2.93. The number of halogens is 1. The maximum absolute atomic E-state index is 12.3. The lowest BCUT2D eigenvalue weighted by atomic mass is 10.2. The predicted octanol–water partition coefficient (Wildman–Crippen LogP) is 1.72. The van der Waals surface area contributed by atoms with Gasteiger partial charge in [0.05, 0.1) is 11.5 Å². The van der Waals surface area contributed by atoms with E-state index in [0.29, 0.717) is 24.7 Å². The number of rotatable bonds is 8. The third kappa shape index (κ3) is 4.43. The molecule has 1 rings (SSSR count). The number of ether oxygens (including phenoxy) is 1. The molecule has 0 saturated carbocycles. The monoisotopic (exact) mass is 320 g/mol. The lowest BCUT2D eigenvalue weighted by Gasteiger charge is -2.17. The van der Waals surface area contributed by atoms with Crippen molar-refractivity contribution in [3.05, 3.63) is 28.8 Å². The van der Waals surface area contributed by atoms with E-state index >= 15 is 0 Å². The van der Waals surface area contributed by atoms with Crippen LogP contribution in [-0.4, -0.2) is 46.6 Å². The molecule has 1 aromatic carbocycles. The molecular weight excluding hydrogens is 300 g/mol. The van der Waals surface area contributed by atoms with Crippen LogP contribution in [0.4, 0.5) is 0 Å². The second kappa shape index (κ2) is 7.95. The van der Waals surface area contributed by atoms with E-state index in [4.69, 9.17) is 16.3 Å². The van der Waals surface area contributed by atoms with Gasteiger partial charge in [-0.05, 0) is 24.2 Å².